The summed E-state index contributed by atoms with van der Waals surface area (Å²) in [6.07, 6.45) is 3.98. The average molecular weight is 278 g/mol. The molecule has 5 heteroatoms. The van der Waals surface area contributed by atoms with E-state index in [1.165, 1.54) is 7.11 Å². The standard InChI is InChI=1S/C10H16BrNO3/c1-15-9(14)12-10(8(13)7-11)5-3-2-4-6-10/h2-7H2,1H3,(H,12,14). The van der Waals surface area contributed by atoms with Crippen LogP contribution in [0.5, 0.6) is 0 Å². The predicted octanol–water partition coefficient (Wildman–Crippen LogP) is 2.01. The molecule has 0 unspecified atom stereocenters. The van der Waals surface area contributed by atoms with Crippen LogP contribution in [0, 0.1) is 0 Å². The van der Waals surface area contributed by atoms with Gasteiger partial charge in [-0.2, -0.15) is 0 Å². The van der Waals surface area contributed by atoms with Crippen LogP contribution in [0.2, 0.25) is 0 Å². The lowest BCUT2D eigenvalue weighted by Gasteiger charge is -2.35. The maximum atomic E-state index is 11.8. The van der Waals surface area contributed by atoms with Crippen molar-refractivity contribution in [2.75, 3.05) is 12.4 Å². The van der Waals surface area contributed by atoms with Crippen LogP contribution in [0.3, 0.4) is 0 Å². The summed E-state index contributed by atoms with van der Waals surface area (Å²) in [6, 6.07) is 0. The fourth-order valence-corrected chi connectivity index (χ4v) is 2.54. The van der Waals surface area contributed by atoms with E-state index in [0.717, 1.165) is 19.3 Å². The molecule has 1 amide bonds. The van der Waals surface area contributed by atoms with Gasteiger partial charge in [0, 0.05) is 0 Å². The normalized spacial score (nSPS) is 19.3. The van der Waals surface area contributed by atoms with E-state index < -0.39 is 11.6 Å². The van der Waals surface area contributed by atoms with E-state index in [4.69, 9.17) is 0 Å². The Morgan fingerprint density at radius 2 is 1.93 bits per heavy atom. The summed E-state index contributed by atoms with van der Waals surface area (Å²) in [4.78, 5) is 23.0. The monoisotopic (exact) mass is 277 g/mol. The van der Waals surface area contributed by atoms with Gasteiger partial charge in [0.15, 0.2) is 5.78 Å². The molecule has 15 heavy (non-hydrogen) atoms. The maximum Gasteiger partial charge on any atom is 0.407 e. The Bertz CT molecular complexity index is 249. The molecular weight excluding hydrogens is 262 g/mol. The predicted molar refractivity (Wildman–Crippen MR) is 60.2 cm³/mol. The average Bonchev–Trinajstić information content (AvgIpc) is 2.29. The molecule has 0 radical (unpaired) electrons. The van der Waals surface area contributed by atoms with Crippen molar-refractivity contribution in [2.24, 2.45) is 0 Å². The first kappa shape index (κ1) is 12.5. The first-order valence-electron chi connectivity index (χ1n) is 5.10. The number of rotatable bonds is 3. The quantitative estimate of drug-likeness (QED) is 0.803. The number of carbonyl (C=O) groups excluding carboxylic acids is 2. The minimum Gasteiger partial charge on any atom is -0.453 e. The molecule has 0 bridgehead atoms. The highest BCUT2D eigenvalue weighted by atomic mass is 79.9. The van der Waals surface area contributed by atoms with Gasteiger partial charge in [0.05, 0.1) is 12.4 Å². The van der Waals surface area contributed by atoms with Gasteiger partial charge in [-0.25, -0.2) is 4.79 Å². The number of alkyl carbamates (subject to hydrolysis) is 1. The Hall–Kier alpha value is -0.580. The number of halogens is 1. The van der Waals surface area contributed by atoms with Crippen molar-refractivity contribution in [3.63, 3.8) is 0 Å². The summed E-state index contributed by atoms with van der Waals surface area (Å²) in [5, 5.41) is 2.97. The molecule has 1 N–H and O–H groups in total. The van der Waals surface area contributed by atoms with Crippen molar-refractivity contribution in [1.29, 1.82) is 0 Å². The molecule has 1 rings (SSSR count). The summed E-state index contributed by atoms with van der Waals surface area (Å²) in [5.74, 6) is 0.0348. The topological polar surface area (TPSA) is 55.4 Å². The fraction of sp³-hybridized carbons (Fsp3) is 0.800. The Balaban J connectivity index is 2.75. The molecule has 86 valence electrons. The van der Waals surface area contributed by atoms with Gasteiger partial charge in [-0.1, -0.05) is 35.2 Å². The number of carbonyl (C=O) groups is 2. The highest BCUT2D eigenvalue weighted by molar-refractivity contribution is 9.09. The van der Waals surface area contributed by atoms with Crippen LogP contribution in [-0.2, 0) is 9.53 Å². The zero-order chi connectivity index (χ0) is 11.3. The van der Waals surface area contributed by atoms with E-state index >= 15 is 0 Å². The van der Waals surface area contributed by atoms with Crippen molar-refractivity contribution < 1.29 is 14.3 Å². The zero-order valence-corrected chi connectivity index (χ0v) is 10.4. The SMILES string of the molecule is COC(=O)NC1(C(=O)CBr)CCCCC1. The van der Waals surface area contributed by atoms with Gasteiger partial charge in [0.1, 0.15) is 5.54 Å². The molecule has 1 aliphatic carbocycles. The van der Waals surface area contributed by atoms with Crippen molar-refractivity contribution in [2.45, 2.75) is 37.6 Å². The van der Waals surface area contributed by atoms with Crippen LogP contribution in [0.4, 0.5) is 4.79 Å². The van der Waals surface area contributed by atoms with Gasteiger partial charge in [0.2, 0.25) is 0 Å². The zero-order valence-electron chi connectivity index (χ0n) is 8.85. The van der Waals surface area contributed by atoms with Crippen molar-refractivity contribution >= 4 is 27.8 Å². The van der Waals surface area contributed by atoms with Gasteiger partial charge >= 0.3 is 6.09 Å². The van der Waals surface area contributed by atoms with E-state index in [-0.39, 0.29) is 11.1 Å². The molecule has 0 aliphatic heterocycles. The first-order valence-corrected chi connectivity index (χ1v) is 6.22. The van der Waals surface area contributed by atoms with Crippen LogP contribution in [0.1, 0.15) is 32.1 Å². The second kappa shape index (κ2) is 5.49. The molecule has 0 aromatic carbocycles. The minimum atomic E-state index is -0.700. The second-order valence-corrected chi connectivity index (χ2v) is 4.38. The van der Waals surface area contributed by atoms with E-state index in [2.05, 4.69) is 26.0 Å². The van der Waals surface area contributed by atoms with E-state index in [9.17, 15) is 9.59 Å². The highest BCUT2D eigenvalue weighted by Gasteiger charge is 2.39. The third-order valence-electron chi connectivity index (χ3n) is 2.89. The Morgan fingerprint density at radius 1 is 1.33 bits per heavy atom. The van der Waals surface area contributed by atoms with E-state index in [0.29, 0.717) is 12.8 Å². The molecule has 0 heterocycles. The highest BCUT2D eigenvalue weighted by Crippen LogP contribution is 2.29. The Morgan fingerprint density at radius 3 is 2.40 bits per heavy atom. The second-order valence-electron chi connectivity index (χ2n) is 3.82. The Kier molecular flexibility index (Phi) is 4.57. The van der Waals surface area contributed by atoms with Crippen LogP contribution in [0.15, 0.2) is 0 Å². The van der Waals surface area contributed by atoms with Gasteiger partial charge in [-0.15, -0.1) is 0 Å². The summed E-state index contributed by atoms with van der Waals surface area (Å²) < 4.78 is 4.56. The molecule has 0 spiro atoms. The molecule has 1 fully saturated rings. The molecular formula is C10H16BrNO3. The van der Waals surface area contributed by atoms with Crippen LogP contribution in [-0.4, -0.2) is 29.9 Å². The summed E-state index contributed by atoms with van der Waals surface area (Å²) in [6.45, 7) is 0. The van der Waals surface area contributed by atoms with Crippen LogP contribution in [0.25, 0.3) is 0 Å². The molecule has 0 aromatic rings. The van der Waals surface area contributed by atoms with E-state index in [1.54, 1.807) is 0 Å². The molecule has 1 saturated carbocycles. The van der Waals surface area contributed by atoms with Crippen molar-refractivity contribution in [3.05, 3.63) is 0 Å². The van der Waals surface area contributed by atoms with Crippen molar-refractivity contribution in [3.8, 4) is 0 Å². The van der Waals surface area contributed by atoms with Gasteiger partial charge in [-0.3, -0.25) is 4.79 Å². The lowest BCUT2D eigenvalue weighted by Crippen LogP contribution is -2.56. The van der Waals surface area contributed by atoms with E-state index in [1.807, 2.05) is 0 Å². The van der Waals surface area contributed by atoms with Crippen molar-refractivity contribution in [1.82, 2.24) is 5.32 Å². The number of methoxy groups -OCH3 is 1. The first-order chi connectivity index (χ1) is 7.14. The number of hydrogen-bond acceptors (Lipinski definition) is 3. The molecule has 4 nitrogen and oxygen atoms in total. The Labute approximate surface area is 97.9 Å². The number of Topliss-reactive ketones (excluding diaryl/α,β-unsaturated/α-hetero) is 1. The number of amides is 1. The molecule has 0 atom stereocenters. The lowest BCUT2D eigenvalue weighted by atomic mass is 9.79. The number of nitrogens with one attached hydrogen (secondary N) is 1. The number of alkyl halides is 1. The lowest BCUT2D eigenvalue weighted by molar-refractivity contribution is -0.123. The molecule has 0 saturated heterocycles. The largest absolute Gasteiger partial charge is 0.453 e. The van der Waals surface area contributed by atoms with Gasteiger partial charge in [-0.05, 0) is 12.8 Å². The minimum absolute atomic E-state index is 0.0348. The molecule has 0 aromatic heterocycles. The number of ether oxygens (including phenoxy) is 1. The smallest absolute Gasteiger partial charge is 0.407 e. The van der Waals surface area contributed by atoms with Crippen LogP contribution < -0.4 is 5.32 Å². The third-order valence-corrected chi connectivity index (χ3v) is 3.40. The summed E-state index contributed by atoms with van der Waals surface area (Å²) in [5.41, 5.74) is -0.700. The maximum absolute atomic E-state index is 11.8. The van der Waals surface area contributed by atoms with Gasteiger partial charge < -0.3 is 10.1 Å². The fourth-order valence-electron chi connectivity index (χ4n) is 2.00. The number of ketones is 1. The number of hydrogen-bond donors (Lipinski definition) is 1. The summed E-state index contributed by atoms with van der Waals surface area (Å²) in [7, 11) is 1.31. The molecule has 1 aliphatic rings. The van der Waals surface area contributed by atoms with Gasteiger partial charge in [0.25, 0.3) is 0 Å². The third kappa shape index (κ3) is 2.93. The van der Waals surface area contributed by atoms with Crippen LogP contribution >= 0.6 is 15.9 Å². The summed E-state index contributed by atoms with van der Waals surface area (Å²) >= 11 is 3.16.